The van der Waals surface area contributed by atoms with Crippen LogP contribution >= 0.6 is 45.7 Å². The summed E-state index contributed by atoms with van der Waals surface area (Å²) in [7, 11) is 0. The standard InChI is InChI=1S/C35H28IN3O4S2/c1-21-6-8-23(9-7-21)20-44-35-38-37-34(45-35)39-30(25-10-14-27(36)15-11-25)29(32(41)33(39)42)31(40)26-12-16-28(17-13-26)43-19-24-5-3-4-22(2)18-24/h3-18,30,40H,19-20H2,1-2H3/b31-29+. The highest BCUT2D eigenvalue weighted by Crippen LogP contribution is 2.44. The van der Waals surface area contributed by atoms with Crippen LogP contribution in [0.3, 0.4) is 0 Å². The highest BCUT2D eigenvalue weighted by molar-refractivity contribution is 14.1. The topological polar surface area (TPSA) is 92.6 Å². The van der Waals surface area contributed by atoms with Crippen molar-refractivity contribution in [2.75, 3.05) is 4.90 Å². The zero-order valence-corrected chi connectivity index (χ0v) is 28.2. The van der Waals surface area contributed by atoms with E-state index in [1.165, 1.54) is 33.6 Å². The summed E-state index contributed by atoms with van der Waals surface area (Å²) in [5.41, 5.74) is 5.62. The van der Waals surface area contributed by atoms with Crippen molar-refractivity contribution in [3.05, 3.63) is 140 Å². The molecule has 226 valence electrons. The number of thioether (sulfide) groups is 1. The van der Waals surface area contributed by atoms with Gasteiger partial charge in [0.2, 0.25) is 5.13 Å². The van der Waals surface area contributed by atoms with Crippen molar-refractivity contribution in [3.8, 4) is 5.75 Å². The Balaban J connectivity index is 1.29. The minimum absolute atomic E-state index is 0.00121. The second kappa shape index (κ2) is 13.6. The van der Waals surface area contributed by atoms with Gasteiger partial charge in [0, 0.05) is 14.9 Å². The first-order valence-corrected chi connectivity index (χ1v) is 17.0. The third-order valence-corrected chi connectivity index (χ3v) is 10.2. The fourth-order valence-corrected chi connectivity index (χ4v) is 7.19. The van der Waals surface area contributed by atoms with Gasteiger partial charge in [-0.15, -0.1) is 10.2 Å². The molecule has 1 N–H and O–H groups in total. The number of Topliss-reactive ketones (excluding diaryl/α,β-unsaturated/α-hetero) is 1. The number of aromatic nitrogens is 2. The summed E-state index contributed by atoms with van der Waals surface area (Å²) in [4.78, 5) is 28.5. The molecular weight excluding hydrogens is 717 g/mol. The molecule has 5 aromatic rings. The Hall–Kier alpha value is -4.00. The van der Waals surface area contributed by atoms with Gasteiger partial charge in [-0.05, 0) is 89.5 Å². The monoisotopic (exact) mass is 745 g/mol. The van der Waals surface area contributed by atoms with Gasteiger partial charge >= 0.3 is 5.91 Å². The number of nitrogens with zero attached hydrogens (tertiary/aromatic N) is 3. The van der Waals surface area contributed by atoms with Gasteiger partial charge in [-0.3, -0.25) is 14.5 Å². The molecule has 0 saturated carbocycles. The molecule has 1 unspecified atom stereocenters. The number of rotatable bonds is 9. The van der Waals surface area contributed by atoms with Crippen molar-refractivity contribution in [3.63, 3.8) is 0 Å². The van der Waals surface area contributed by atoms with Crippen molar-refractivity contribution in [2.45, 2.75) is 36.6 Å². The highest BCUT2D eigenvalue weighted by Gasteiger charge is 2.48. The molecule has 4 aromatic carbocycles. The quantitative estimate of drug-likeness (QED) is 0.0406. The molecule has 0 bridgehead atoms. The van der Waals surface area contributed by atoms with E-state index in [2.05, 4.69) is 63.1 Å². The Morgan fingerprint density at radius 3 is 2.36 bits per heavy atom. The fourth-order valence-electron chi connectivity index (χ4n) is 5.01. The lowest BCUT2D eigenvalue weighted by Gasteiger charge is -2.22. The van der Waals surface area contributed by atoms with E-state index < -0.39 is 17.7 Å². The van der Waals surface area contributed by atoms with Gasteiger partial charge in [0.05, 0.1) is 11.6 Å². The smallest absolute Gasteiger partial charge is 0.301 e. The molecule has 0 radical (unpaired) electrons. The van der Waals surface area contributed by atoms with Gasteiger partial charge in [-0.2, -0.15) is 0 Å². The summed E-state index contributed by atoms with van der Waals surface area (Å²) in [6.07, 6.45) is 0. The number of halogens is 1. The van der Waals surface area contributed by atoms with Crippen molar-refractivity contribution >= 4 is 68.3 Å². The van der Waals surface area contributed by atoms with Crippen LogP contribution in [0, 0.1) is 17.4 Å². The number of aliphatic hydroxyl groups is 1. The Labute approximate surface area is 283 Å². The van der Waals surface area contributed by atoms with E-state index in [4.69, 9.17) is 4.74 Å². The predicted octanol–water partition coefficient (Wildman–Crippen LogP) is 8.26. The molecule has 6 rings (SSSR count). The first-order chi connectivity index (χ1) is 21.8. The van der Waals surface area contributed by atoms with Crippen LogP contribution in [0.2, 0.25) is 0 Å². The number of aryl methyl sites for hydroxylation is 2. The molecular formula is C35H28IN3O4S2. The van der Waals surface area contributed by atoms with Crippen LogP contribution in [-0.2, 0) is 21.9 Å². The Morgan fingerprint density at radius 2 is 1.64 bits per heavy atom. The number of ketones is 1. The molecule has 1 fully saturated rings. The molecule has 1 amide bonds. The van der Waals surface area contributed by atoms with Gasteiger partial charge in [-0.1, -0.05) is 94.9 Å². The molecule has 45 heavy (non-hydrogen) atoms. The highest BCUT2D eigenvalue weighted by atomic mass is 127. The van der Waals surface area contributed by atoms with E-state index in [0.717, 1.165) is 20.3 Å². The molecule has 1 aliphatic rings. The molecule has 7 nitrogen and oxygen atoms in total. The minimum atomic E-state index is -0.873. The summed E-state index contributed by atoms with van der Waals surface area (Å²) in [6, 6.07) is 29.8. The molecule has 1 aliphatic heterocycles. The van der Waals surface area contributed by atoms with Gasteiger partial charge in [0.25, 0.3) is 5.78 Å². The van der Waals surface area contributed by atoms with E-state index in [-0.39, 0.29) is 11.3 Å². The second-order valence-corrected chi connectivity index (χ2v) is 14.1. The number of aliphatic hydroxyl groups excluding tert-OH is 1. The van der Waals surface area contributed by atoms with E-state index in [0.29, 0.717) is 38.7 Å². The van der Waals surface area contributed by atoms with Crippen LogP contribution in [0.15, 0.2) is 107 Å². The summed E-state index contributed by atoms with van der Waals surface area (Å²) in [5, 5.41) is 20.4. The average molecular weight is 746 g/mol. The number of carbonyl (C=O) groups is 2. The number of hydrogen-bond acceptors (Lipinski definition) is 8. The summed E-state index contributed by atoms with van der Waals surface area (Å²) >= 11 is 4.97. The molecule has 10 heteroatoms. The number of anilines is 1. The Bertz CT molecular complexity index is 1890. The number of ether oxygens (including phenoxy) is 1. The van der Waals surface area contributed by atoms with Crippen molar-refractivity contribution < 1.29 is 19.4 Å². The molecule has 0 aliphatic carbocycles. The maximum atomic E-state index is 13.6. The van der Waals surface area contributed by atoms with Crippen molar-refractivity contribution in [2.24, 2.45) is 0 Å². The first kappa shape index (κ1) is 31.0. The summed E-state index contributed by atoms with van der Waals surface area (Å²) < 4.78 is 7.61. The summed E-state index contributed by atoms with van der Waals surface area (Å²) in [6.45, 7) is 4.48. The van der Waals surface area contributed by atoms with E-state index >= 15 is 0 Å². The average Bonchev–Trinajstić information content (AvgIpc) is 3.62. The number of carbonyl (C=O) groups excluding carboxylic acids is 2. The van der Waals surface area contributed by atoms with Crippen LogP contribution < -0.4 is 9.64 Å². The lowest BCUT2D eigenvalue weighted by atomic mass is 9.95. The van der Waals surface area contributed by atoms with Crippen LogP contribution in [-0.4, -0.2) is 27.0 Å². The Morgan fingerprint density at radius 1 is 0.911 bits per heavy atom. The van der Waals surface area contributed by atoms with E-state index in [1.807, 2.05) is 56.3 Å². The van der Waals surface area contributed by atoms with Crippen molar-refractivity contribution in [1.29, 1.82) is 0 Å². The van der Waals surface area contributed by atoms with Crippen molar-refractivity contribution in [1.82, 2.24) is 10.2 Å². The van der Waals surface area contributed by atoms with E-state index in [9.17, 15) is 14.7 Å². The fraction of sp³-hybridized carbons (Fsp3) is 0.143. The SMILES string of the molecule is Cc1ccc(CSc2nnc(N3C(=O)C(=O)/C(=C(/O)c4ccc(OCc5cccc(C)c5)cc4)C3c3ccc(I)cc3)s2)cc1. The Kier molecular flexibility index (Phi) is 9.34. The normalized spacial score (nSPS) is 15.9. The maximum Gasteiger partial charge on any atom is 0.301 e. The third kappa shape index (κ3) is 6.98. The van der Waals surface area contributed by atoms with E-state index in [1.54, 1.807) is 24.3 Å². The minimum Gasteiger partial charge on any atom is -0.507 e. The molecule has 1 saturated heterocycles. The largest absolute Gasteiger partial charge is 0.507 e. The number of benzene rings is 4. The molecule has 0 spiro atoms. The van der Waals surface area contributed by atoms with Gasteiger partial charge in [0.1, 0.15) is 18.1 Å². The number of hydrogen-bond donors (Lipinski definition) is 1. The molecule has 1 atom stereocenters. The predicted molar refractivity (Wildman–Crippen MR) is 187 cm³/mol. The zero-order valence-electron chi connectivity index (χ0n) is 24.4. The third-order valence-electron chi connectivity index (χ3n) is 7.33. The lowest BCUT2D eigenvalue weighted by Crippen LogP contribution is -2.29. The van der Waals surface area contributed by atoms with Gasteiger partial charge < -0.3 is 9.84 Å². The zero-order chi connectivity index (χ0) is 31.5. The summed E-state index contributed by atoms with van der Waals surface area (Å²) in [5.74, 6) is -0.487. The first-order valence-electron chi connectivity index (χ1n) is 14.1. The van der Waals surface area contributed by atoms with Gasteiger partial charge in [0.15, 0.2) is 4.34 Å². The van der Waals surface area contributed by atoms with Crippen LogP contribution in [0.4, 0.5) is 5.13 Å². The molecule has 1 aromatic heterocycles. The van der Waals surface area contributed by atoms with Crippen LogP contribution in [0.25, 0.3) is 5.76 Å². The maximum absolute atomic E-state index is 13.6. The van der Waals surface area contributed by atoms with Crippen LogP contribution in [0.5, 0.6) is 5.75 Å². The molecule has 2 heterocycles. The van der Waals surface area contributed by atoms with Gasteiger partial charge in [-0.25, -0.2) is 0 Å². The van der Waals surface area contributed by atoms with Crippen LogP contribution in [0.1, 0.15) is 39.4 Å². The number of amides is 1. The lowest BCUT2D eigenvalue weighted by molar-refractivity contribution is -0.132. The second-order valence-electron chi connectivity index (χ2n) is 10.6.